The maximum atomic E-state index is 14.4. The molecule has 0 aliphatic carbocycles. The molecular formula is C24H22FN5O. The average molecular weight is 415 g/mol. The Balaban J connectivity index is 1.45. The van der Waals surface area contributed by atoms with E-state index in [1.54, 1.807) is 24.7 Å². The van der Waals surface area contributed by atoms with Gasteiger partial charge in [-0.15, -0.1) is 0 Å². The number of nitrogens with zero attached hydrogens (tertiary/aromatic N) is 4. The zero-order chi connectivity index (χ0) is 21.4. The molecule has 0 aliphatic rings. The van der Waals surface area contributed by atoms with Crippen molar-refractivity contribution in [3.8, 4) is 11.1 Å². The number of hydrogen-bond donors (Lipinski definition) is 1. The van der Waals surface area contributed by atoms with Crippen LogP contribution in [0.4, 0.5) is 10.3 Å². The molecule has 1 N–H and O–H groups in total. The normalized spacial score (nSPS) is 11.6. The number of aromatic nitrogens is 3. The number of nitrogens with one attached hydrogen (secondary N) is 1. The summed E-state index contributed by atoms with van der Waals surface area (Å²) in [5.41, 5.74) is 5.44. The Labute approximate surface area is 179 Å². The molecule has 0 atom stereocenters. The van der Waals surface area contributed by atoms with Crippen LogP contribution in [0.15, 0.2) is 71.9 Å². The van der Waals surface area contributed by atoms with Crippen molar-refractivity contribution in [2.45, 2.75) is 13.1 Å². The van der Waals surface area contributed by atoms with Crippen LogP contribution in [0.1, 0.15) is 11.1 Å². The van der Waals surface area contributed by atoms with E-state index in [-0.39, 0.29) is 12.4 Å². The van der Waals surface area contributed by atoms with Gasteiger partial charge >= 0.3 is 0 Å². The van der Waals surface area contributed by atoms with E-state index in [4.69, 9.17) is 4.42 Å². The molecule has 2 aromatic carbocycles. The number of anilines is 1. The van der Waals surface area contributed by atoms with E-state index in [0.717, 1.165) is 28.6 Å². The fourth-order valence-corrected chi connectivity index (χ4v) is 3.85. The van der Waals surface area contributed by atoms with Crippen LogP contribution >= 0.6 is 0 Å². The van der Waals surface area contributed by atoms with Crippen LogP contribution in [0.25, 0.3) is 27.6 Å². The van der Waals surface area contributed by atoms with Crippen molar-refractivity contribution in [3.05, 3.63) is 84.4 Å². The summed E-state index contributed by atoms with van der Waals surface area (Å²) >= 11 is 0. The minimum Gasteiger partial charge on any atom is -0.464 e. The first-order valence-corrected chi connectivity index (χ1v) is 10.0. The maximum absolute atomic E-state index is 14.4. The fraction of sp³-hybridized carbons (Fsp3) is 0.167. The van der Waals surface area contributed by atoms with Gasteiger partial charge in [0.2, 0.25) is 5.95 Å². The highest BCUT2D eigenvalue weighted by atomic mass is 19.1. The standard InChI is InChI=1S/C24H22FN5O/c1-29(2)14-16-3-5-17(6-4-16)19-11-27-24(30-15-26-13-22(19)30)28-12-20-18-9-10-31-23(18)8-7-21(20)25/h3-11,13,15H,12,14H2,1-2H3,(H,27,28). The van der Waals surface area contributed by atoms with Crippen LogP contribution in [0.2, 0.25) is 0 Å². The predicted octanol–water partition coefficient (Wildman–Crippen LogP) is 4.96. The fourth-order valence-electron chi connectivity index (χ4n) is 3.85. The number of hydrogen-bond acceptors (Lipinski definition) is 5. The molecule has 6 nitrogen and oxygen atoms in total. The molecule has 0 bridgehead atoms. The molecule has 31 heavy (non-hydrogen) atoms. The van der Waals surface area contributed by atoms with E-state index in [1.807, 2.05) is 16.8 Å². The Hall–Kier alpha value is -3.71. The molecule has 3 heterocycles. The van der Waals surface area contributed by atoms with Crippen LogP contribution in [0, 0.1) is 5.82 Å². The first-order chi connectivity index (χ1) is 15.1. The van der Waals surface area contributed by atoms with Crippen LogP contribution in [0.5, 0.6) is 0 Å². The third-order valence-electron chi connectivity index (χ3n) is 5.34. The number of furan rings is 1. The lowest BCUT2D eigenvalue weighted by Crippen LogP contribution is -2.10. The number of imidazole rings is 1. The molecule has 0 spiro atoms. The smallest absolute Gasteiger partial charge is 0.208 e. The van der Waals surface area contributed by atoms with Crippen LogP contribution in [-0.4, -0.2) is 33.4 Å². The van der Waals surface area contributed by atoms with Crippen molar-refractivity contribution in [1.82, 2.24) is 19.3 Å². The summed E-state index contributed by atoms with van der Waals surface area (Å²) in [5.74, 6) is 0.318. The lowest BCUT2D eigenvalue weighted by molar-refractivity contribution is 0.402. The Morgan fingerprint density at radius 3 is 2.71 bits per heavy atom. The molecular weight excluding hydrogens is 393 g/mol. The Morgan fingerprint density at radius 1 is 1.06 bits per heavy atom. The van der Waals surface area contributed by atoms with Crippen molar-refractivity contribution >= 4 is 22.4 Å². The molecule has 0 aliphatic heterocycles. The summed E-state index contributed by atoms with van der Waals surface area (Å²) in [7, 11) is 4.11. The number of fused-ring (bicyclic) bond motifs is 2. The molecule has 156 valence electrons. The first-order valence-electron chi connectivity index (χ1n) is 10.0. The van der Waals surface area contributed by atoms with E-state index in [9.17, 15) is 4.39 Å². The number of halogens is 1. The van der Waals surface area contributed by atoms with Gasteiger partial charge in [0.05, 0.1) is 18.0 Å². The zero-order valence-corrected chi connectivity index (χ0v) is 17.3. The minimum atomic E-state index is -0.280. The van der Waals surface area contributed by atoms with Gasteiger partial charge in [-0.3, -0.25) is 4.40 Å². The largest absolute Gasteiger partial charge is 0.464 e. The first kappa shape index (κ1) is 19.3. The van der Waals surface area contributed by atoms with Gasteiger partial charge in [-0.2, -0.15) is 0 Å². The third kappa shape index (κ3) is 3.64. The highest BCUT2D eigenvalue weighted by Crippen LogP contribution is 2.27. The van der Waals surface area contributed by atoms with Crippen molar-refractivity contribution in [1.29, 1.82) is 0 Å². The summed E-state index contributed by atoms with van der Waals surface area (Å²) in [6.45, 7) is 1.17. The molecule has 0 unspecified atom stereocenters. The topological polar surface area (TPSA) is 58.6 Å². The van der Waals surface area contributed by atoms with Crippen LogP contribution in [0.3, 0.4) is 0 Å². The highest BCUT2D eigenvalue weighted by Gasteiger charge is 2.13. The molecule has 3 aromatic heterocycles. The molecule has 7 heteroatoms. The quantitative estimate of drug-likeness (QED) is 0.425. The molecule has 5 rings (SSSR count). The Kier molecular flexibility index (Phi) is 4.88. The molecule has 5 aromatic rings. The average Bonchev–Trinajstić information content (AvgIpc) is 3.43. The molecule has 0 saturated heterocycles. The van der Waals surface area contributed by atoms with E-state index < -0.39 is 0 Å². The van der Waals surface area contributed by atoms with Crippen molar-refractivity contribution < 1.29 is 8.81 Å². The van der Waals surface area contributed by atoms with Gasteiger partial charge in [0, 0.05) is 35.8 Å². The number of rotatable bonds is 6. The van der Waals surface area contributed by atoms with Gasteiger partial charge < -0.3 is 14.6 Å². The van der Waals surface area contributed by atoms with Gasteiger partial charge in [-0.1, -0.05) is 24.3 Å². The van der Waals surface area contributed by atoms with Gasteiger partial charge in [0.25, 0.3) is 0 Å². The second kappa shape index (κ2) is 7.85. The third-order valence-corrected chi connectivity index (χ3v) is 5.34. The zero-order valence-electron chi connectivity index (χ0n) is 17.3. The SMILES string of the molecule is CN(C)Cc1ccc(-c2cnc(NCc3c(F)ccc4occc34)n3cncc23)cc1. The van der Waals surface area contributed by atoms with Gasteiger partial charge in [0.15, 0.2) is 0 Å². The van der Waals surface area contributed by atoms with Crippen molar-refractivity contribution in [2.24, 2.45) is 0 Å². The Bertz CT molecular complexity index is 1350. The Morgan fingerprint density at radius 2 is 1.90 bits per heavy atom. The highest BCUT2D eigenvalue weighted by molar-refractivity contribution is 5.82. The summed E-state index contributed by atoms with van der Waals surface area (Å²) in [4.78, 5) is 11.0. The van der Waals surface area contributed by atoms with Crippen molar-refractivity contribution in [2.75, 3.05) is 19.4 Å². The molecule has 0 amide bonds. The molecule has 0 radical (unpaired) electrons. The second-order valence-corrected chi connectivity index (χ2v) is 7.79. The summed E-state index contributed by atoms with van der Waals surface area (Å²) in [5, 5.41) is 4.00. The molecule has 0 fully saturated rings. The maximum Gasteiger partial charge on any atom is 0.208 e. The summed E-state index contributed by atoms with van der Waals surface area (Å²) < 4.78 is 21.7. The lowest BCUT2D eigenvalue weighted by Gasteiger charge is -2.13. The van der Waals surface area contributed by atoms with Gasteiger partial charge in [-0.25, -0.2) is 14.4 Å². The molecule has 0 saturated carbocycles. The monoisotopic (exact) mass is 415 g/mol. The second-order valence-electron chi connectivity index (χ2n) is 7.79. The lowest BCUT2D eigenvalue weighted by atomic mass is 10.1. The predicted molar refractivity (Wildman–Crippen MR) is 119 cm³/mol. The summed E-state index contributed by atoms with van der Waals surface area (Å²) in [6.07, 6.45) is 6.92. The van der Waals surface area contributed by atoms with E-state index >= 15 is 0 Å². The van der Waals surface area contributed by atoms with Crippen LogP contribution < -0.4 is 5.32 Å². The van der Waals surface area contributed by atoms with E-state index in [0.29, 0.717) is 17.1 Å². The number of benzene rings is 2. The van der Waals surface area contributed by atoms with Gasteiger partial charge in [0.1, 0.15) is 17.7 Å². The van der Waals surface area contributed by atoms with Gasteiger partial charge in [-0.05, 0) is 43.4 Å². The van der Waals surface area contributed by atoms with E-state index in [1.165, 1.54) is 11.6 Å². The van der Waals surface area contributed by atoms with E-state index in [2.05, 4.69) is 58.5 Å². The van der Waals surface area contributed by atoms with Crippen LogP contribution in [-0.2, 0) is 13.1 Å². The van der Waals surface area contributed by atoms with Crippen molar-refractivity contribution in [3.63, 3.8) is 0 Å². The minimum absolute atomic E-state index is 0.279. The summed E-state index contributed by atoms with van der Waals surface area (Å²) in [6, 6.07) is 13.3.